The van der Waals surface area contributed by atoms with Gasteiger partial charge in [-0.15, -0.1) is 0 Å². The van der Waals surface area contributed by atoms with E-state index in [4.69, 9.17) is 10.5 Å². The first-order chi connectivity index (χ1) is 11.5. The number of benzene rings is 2. The number of anilines is 1. The Morgan fingerprint density at radius 2 is 2.00 bits per heavy atom. The maximum Gasteiger partial charge on any atom is 0.271 e. The van der Waals surface area contributed by atoms with Crippen LogP contribution in [0.5, 0.6) is 5.75 Å². The number of carbonyl (C=O) groups is 1. The van der Waals surface area contributed by atoms with Gasteiger partial charge < -0.3 is 10.5 Å². The van der Waals surface area contributed by atoms with Crippen molar-refractivity contribution in [3.63, 3.8) is 0 Å². The molecule has 1 heterocycles. The van der Waals surface area contributed by atoms with Crippen LogP contribution >= 0.6 is 0 Å². The molecule has 0 saturated heterocycles. The number of hydrogen-bond donors (Lipinski definition) is 1. The van der Waals surface area contributed by atoms with E-state index >= 15 is 0 Å². The number of aromatic nitrogens is 1. The van der Waals surface area contributed by atoms with Crippen LogP contribution in [-0.2, 0) is 0 Å². The molecule has 0 atom stereocenters. The zero-order chi connectivity index (χ0) is 17.3. The average Bonchev–Trinajstić information content (AvgIpc) is 2.54. The Bertz CT molecular complexity index is 995. The van der Waals surface area contributed by atoms with Crippen molar-refractivity contribution in [1.29, 1.82) is 0 Å². The van der Waals surface area contributed by atoms with Crippen molar-refractivity contribution in [2.75, 3.05) is 12.3 Å². The first kappa shape index (κ1) is 15.7. The number of rotatable bonds is 3. The molecule has 5 nitrogen and oxygen atoms in total. The lowest BCUT2D eigenvalue weighted by molar-refractivity contribution is 0.0838. The van der Waals surface area contributed by atoms with Crippen LogP contribution in [0.15, 0.2) is 53.3 Å². The van der Waals surface area contributed by atoms with Gasteiger partial charge in [0.05, 0.1) is 5.52 Å². The van der Waals surface area contributed by atoms with Gasteiger partial charge in [0.15, 0.2) is 6.61 Å². The third-order valence-electron chi connectivity index (χ3n) is 3.62. The molecule has 2 N–H and O–H groups in total. The maximum atomic E-state index is 13.2. The van der Waals surface area contributed by atoms with E-state index in [1.54, 1.807) is 31.2 Å². The number of aryl methyl sites for hydroxylation is 1. The molecule has 0 amide bonds. The van der Waals surface area contributed by atoms with Gasteiger partial charge in [-0.05, 0) is 42.6 Å². The number of nitrogens with zero attached hydrogens (tertiary/aromatic N) is 1. The highest BCUT2D eigenvalue weighted by atomic mass is 19.1. The van der Waals surface area contributed by atoms with Crippen molar-refractivity contribution in [2.45, 2.75) is 6.92 Å². The molecule has 0 unspecified atom stereocenters. The van der Waals surface area contributed by atoms with Crippen molar-refractivity contribution in [3.05, 3.63) is 70.3 Å². The van der Waals surface area contributed by atoms with Crippen molar-refractivity contribution in [2.24, 2.45) is 0 Å². The van der Waals surface area contributed by atoms with Gasteiger partial charge >= 0.3 is 0 Å². The Kier molecular flexibility index (Phi) is 4.04. The highest BCUT2D eigenvalue weighted by Gasteiger charge is 2.14. The minimum atomic E-state index is -0.552. The molecule has 0 aliphatic heterocycles. The molecule has 0 fully saturated rings. The largest absolute Gasteiger partial charge is 0.484 e. The van der Waals surface area contributed by atoms with E-state index < -0.39 is 23.9 Å². The zero-order valence-corrected chi connectivity index (χ0v) is 13.0. The fourth-order valence-corrected chi connectivity index (χ4v) is 2.47. The number of nitrogens with two attached hydrogens (primary N) is 1. The molecule has 0 spiro atoms. The summed E-state index contributed by atoms with van der Waals surface area (Å²) in [4.78, 5) is 24.9. The molecule has 6 heteroatoms. The highest BCUT2D eigenvalue weighted by molar-refractivity contribution is 5.93. The number of halogens is 1. The summed E-state index contributed by atoms with van der Waals surface area (Å²) in [5.74, 6) is -0.803. The van der Waals surface area contributed by atoms with E-state index in [0.29, 0.717) is 16.8 Å². The molecular formula is C18H15FN2O3. The predicted octanol–water partition coefficient (Wildman–Crippen LogP) is 2.75. The van der Waals surface area contributed by atoms with E-state index in [9.17, 15) is 14.0 Å². The van der Waals surface area contributed by atoms with Gasteiger partial charge in [0.1, 0.15) is 11.6 Å². The minimum absolute atomic E-state index is 0.216. The van der Waals surface area contributed by atoms with Gasteiger partial charge in [-0.2, -0.15) is 0 Å². The summed E-state index contributed by atoms with van der Waals surface area (Å²) in [6, 6.07) is 12.2. The van der Waals surface area contributed by atoms with Crippen molar-refractivity contribution < 1.29 is 13.9 Å². The molecular weight excluding hydrogens is 311 g/mol. The highest BCUT2D eigenvalue weighted by Crippen LogP contribution is 2.17. The summed E-state index contributed by atoms with van der Waals surface area (Å²) < 4.78 is 19.5. The number of hydrogen-bond acceptors (Lipinski definition) is 4. The van der Waals surface area contributed by atoms with Crippen molar-refractivity contribution >= 4 is 22.5 Å². The number of carbonyl (C=O) groups excluding carboxylic acids is 1. The Balaban J connectivity index is 1.98. The van der Waals surface area contributed by atoms with E-state index in [1.807, 2.05) is 0 Å². The fraction of sp³-hybridized carbons (Fsp3) is 0.111. The van der Waals surface area contributed by atoms with Crippen LogP contribution in [0.3, 0.4) is 0 Å². The molecule has 3 rings (SSSR count). The van der Waals surface area contributed by atoms with Gasteiger partial charge in [0.2, 0.25) is 0 Å². The summed E-state index contributed by atoms with van der Waals surface area (Å²) in [7, 11) is 0. The predicted molar refractivity (Wildman–Crippen MR) is 89.9 cm³/mol. The lowest BCUT2D eigenvalue weighted by atomic mass is 10.1. The Labute approximate surface area is 137 Å². The van der Waals surface area contributed by atoms with Gasteiger partial charge in [0.25, 0.3) is 11.5 Å². The number of pyridine rings is 1. The van der Waals surface area contributed by atoms with Crippen LogP contribution in [0, 0.1) is 12.7 Å². The number of nitrogen functional groups attached to an aromatic ring is 1. The van der Waals surface area contributed by atoms with Gasteiger partial charge in [-0.3, -0.25) is 9.59 Å². The lowest BCUT2D eigenvalue weighted by Crippen LogP contribution is -2.32. The van der Waals surface area contributed by atoms with Crippen LogP contribution in [0.4, 0.5) is 10.1 Å². The van der Waals surface area contributed by atoms with Crippen molar-refractivity contribution in [1.82, 2.24) is 4.57 Å². The SMILES string of the molecule is Cc1cc2ccc(N)cc2n(C(=O)COc2cccc(F)c2)c1=O. The third-order valence-corrected chi connectivity index (χ3v) is 3.62. The average molecular weight is 326 g/mol. The fourth-order valence-electron chi connectivity index (χ4n) is 2.47. The number of fused-ring (bicyclic) bond motifs is 1. The van der Waals surface area contributed by atoms with Crippen LogP contribution in [0.2, 0.25) is 0 Å². The standard InChI is InChI=1S/C18H15FN2O3/c1-11-7-12-5-6-14(20)9-16(12)21(18(11)23)17(22)10-24-15-4-2-3-13(19)8-15/h2-9H,10,20H2,1H3. The molecule has 3 aromatic rings. The smallest absolute Gasteiger partial charge is 0.271 e. The van der Waals surface area contributed by atoms with Gasteiger partial charge in [0, 0.05) is 17.3 Å². The molecule has 122 valence electrons. The van der Waals surface area contributed by atoms with E-state index in [2.05, 4.69) is 0 Å². The molecule has 1 aromatic heterocycles. The molecule has 0 saturated carbocycles. The molecule has 2 aromatic carbocycles. The van der Waals surface area contributed by atoms with Gasteiger partial charge in [-0.1, -0.05) is 12.1 Å². The Morgan fingerprint density at radius 1 is 1.21 bits per heavy atom. The molecule has 0 aliphatic rings. The molecule has 0 bridgehead atoms. The van der Waals surface area contributed by atoms with Crippen LogP contribution in [0.25, 0.3) is 10.9 Å². The molecule has 24 heavy (non-hydrogen) atoms. The van der Waals surface area contributed by atoms with Crippen LogP contribution in [0.1, 0.15) is 10.4 Å². The third kappa shape index (κ3) is 2.99. The lowest BCUT2D eigenvalue weighted by Gasteiger charge is -2.12. The molecule has 0 radical (unpaired) electrons. The first-order valence-corrected chi connectivity index (χ1v) is 7.29. The number of ether oxygens (including phenoxy) is 1. The Hall–Kier alpha value is -3.15. The quantitative estimate of drug-likeness (QED) is 0.751. The van der Waals surface area contributed by atoms with E-state index in [1.165, 1.54) is 24.3 Å². The maximum absolute atomic E-state index is 13.2. The molecule has 0 aliphatic carbocycles. The first-order valence-electron chi connectivity index (χ1n) is 7.29. The summed E-state index contributed by atoms with van der Waals surface area (Å²) in [5.41, 5.74) is 6.63. The normalized spacial score (nSPS) is 10.8. The van der Waals surface area contributed by atoms with Crippen LogP contribution in [-0.4, -0.2) is 17.1 Å². The minimum Gasteiger partial charge on any atom is -0.484 e. The second-order valence-corrected chi connectivity index (χ2v) is 5.43. The summed E-state index contributed by atoms with van der Waals surface area (Å²) in [6.07, 6.45) is 0. The second-order valence-electron chi connectivity index (χ2n) is 5.43. The van der Waals surface area contributed by atoms with E-state index in [-0.39, 0.29) is 5.75 Å². The Morgan fingerprint density at radius 3 is 2.75 bits per heavy atom. The van der Waals surface area contributed by atoms with Crippen LogP contribution < -0.4 is 16.0 Å². The summed E-state index contributed by atoms with van der Waals surface area (Å²) in [6.45, 7) is 1.24. The van der Waals surface area contributed by atoms with Crippen molar-refractivity contribution in [3.8, 4) is 5.75 Å². The topological polar surface area (TPSA) is 74.3 Å². The zero-order valence-electron chi connectivity index (χ0n) is 13.0. The second kappa shape index (κ2) is 6.16. The summed E-state index contributed by atoms with van der Waals surface area (Å²) in [5, 5.41) is 0.723. The van der Waals surface area contributed by atoms with Gasteiger partial charge in [-0.25, -0.2) is 8.96 Å². The monoisotopic (exact) mass is 326 g/mol. The summed E-state index contributed by atoms with van der Waals surface area (Å²) >= 11 is 0. The van der Waals surface area contributed by atoms with E-state index in [0.717, 1.165) is 9.95 Å².